The van der Waals surface area contributed by atoms with Gasteiger partial charge < -0.3 is 4.42 Å². The Bertz CT molecular complexity index is 738. The zero-order valence-corrected chi connectivity index (χ0v) is 9.91. The highest BCUT2D eigenvalue weighted by Gasteiger charge is 2.09. The van der Waals surface area contributed by atoms with E-state index in [9.17, 15) is 4.79 Å². The fourth-order valence-electron chi connectivity index (χ4n) is 1.78. The first-order valence-corrected chi connectivity index (χ1v) is 5.75. The van der Waals surface area contributed by atoms with Crippen molar-refractivity contribution in [2.75, 3.05) is 0 Å². The fraction of sp³-hybridized carbons (Fsp3) is 0.250. The molecule has 0 saturated carbocycles. The zero-order valence-electron chi connectivity index (χ0n) is 9.91. The molecule has 3 rings (SSSR count). The lowest BCUT2D eigenvalue weighted by atomic mass is 10.4. The molecule has 0 radical (unpaired) electrons. The van der Waals surface area contributed by atoms with E-state index >= 15 is 0 Å². The van der Waals surface area contributed by atoms with Gasteiger partial charge in [0.25, 0.3) is 0 Å². The van der Waals surface area contributed by atoms with Crippen LogP contribution in [0, 0.1) is 0 Å². The van der Waals surface area contributed by atoms with Crippen LogP contribution >= 0.6 is 0 Å². The van der Waals surface area contributed by atoms with Crippen LogP contribution in [0.15, 0.2) is 39.8 Å². The van der Waals surface area contributed by atoms with Crippen LogP contribution in [-0.2, 0) is 13.0 Å². The van der Waals surface area contributed by atoms with Crippen molar-refractivity contribution in [2.45, 2.75) is 19.9 Å². The minimum absolute atomic E-state index is 0.193. The normalized spacial score (nSPS) is 11.2. The molecule has 92 valence electrons. The molecule has 0 bridgehead atoms. The van der Waals surface area contributed by atoms with E-state index in [1.807, 2.05) is 13.0 Å². The molecule has 0 N–H and O–H groups in total. The van der Waals surface area contributed by atoms with E-state index in [2.05, 4.69) is 10.1 Å². The maximum absolute atomic E-state index is 12.0. The minimum Gasteiger partial charge on any atom is -0.444 e. The molecule has 3 aromatic heterocycles. The number of fused-ring (bicyclic) bond motifs is 1. The molecule has 0 aromatic carbocycles. The second-order valence-electron chi connectivity index (χ2n) is 3.94. The highest BCUT2D eigenvalue weighted by atomic mass is 16.4. The van der Waals surface area contributed by atoms with Crippen LogP contribution in [0.1, 0.15) is 18.6 Å². The number of aryl methyl sites for hydroxylation is 1. The molecule has 3 aromatic rings. The number of oxazole rings is 1. The van der Waals surface area contributed by atoms with Crippen molar-refractivity contribution in [1.29, 1.82) is 0 Å². The van der Waals surface area contributed by atoms with E-state index in [-0.39, 0.29) is 12.2 Å². The number of nitrogens with zero attached hydrogens (tertiary/aromatic N) is 4. The van der Waals surface area contributed by atoms with Crippen LogP contribution in [0.5, 0.6) is 0 Å². The summed E-state index contributed by atoms with van der Waals surface area (Å²) in [5, 5.41) is 4.21. The van der Waals surface area contributed by atoms with Crippen molar-refractivity contribution in [3.05, 3.63) is 52.7 Å². The van der Waals surface area contributed by atoms with Crippen LogP contribution < -0.4 is 5.69 Å². The molecule has 0 atom stereocenters. The van der Waals surface area contributed by atoms with Crippen LogP contribution in [0.3, 0.4) is 0 Å². The average Bonchev–Trinajstić information content (AvgIpc) is 2.97. The quantitative estimate of drug-likeness (QED) is 0.692. The Labute approximate surface area is 102 Å². The monoisotopic (exact) mass is 244 g/mol. The lowest BCUT2D eigenvalue weighted by molar-refractivity contribution is 0.433. The van der Waals surface area contributed by atoms with Gasteiger partial charge in [-0.1, -0.05) is 13.0 Å². The predicted molar refractivity (Wildman–Crippen MR) is 64.4 cm³/mol. The lowest BCUT2D eigenvalue weighted by Gasteiger charge is -1.93. The van der Waals surface area contributed by atoms with Crippen molar-refractivity contribution >= 4 is 5.65 Å². The third-order valence-corrected chi connectivity index (χ3v) is 2.72. The van der Waals surface area contributed by atoms with E-state index in [1.54, 1.807) is 24.5 Å². The Balaban J connectivity index is 1.99. The Morgan fingerprint density at radius 1 is 1.39 bits per heavy atom. The summed E-state index contributed by atoms with van der Waals surface area (Å²) in [6.07, 6.45) is 4.15. The lowest BCUT2D eigenvalue weighted by Crippen LogP contribution is -2.21. The smallest absolute Gasteiger partial charge is 0.350 e. The summed E-state index contributed by atoms with van der Waals surface area (Å²) in [4.78, 5) is 16.1. The van der Waals surface area contributed by atoms with Gasteiger partial charge in [0.05, 0.1) is 6.20 Å². The fourth-order valence-corrected chi connectivity index (χ4v) is 1.78. The number of hydrogen-bond donors (Lipinski definition) is 0. The number of pyridine rings is 1. The van der Waals surface area contributed by atoms with Gasteiger partial charge in [-0.2, -0.15) is 0 Å². The summed E-state index contributed by atoms with van der Waals surface area (Å²) in [6.45, 7) is 2.24. The van der Waals surface area contributed by atoms with Crippen molar-refractivity contribution in [3.63, 3.8) is 0 Å². The molecule has 0 unspecified atom stereocenters. The van der Waals surface area contributed by atoms with Crippen molar-refractivity contribution in [2.24, 2.45) is 0 Å². The summed E-state index contributed by atoms with van der Waals surface area (Å²) < 4.78 is 8.31. The Hall–Kier alpha value is -2.37. The molecular weight excluding hydrogens is 232 g/mol. The molecule has 0 fully saturated rings. The largest absolute Gasteiger partial charge is 0.444 e. The highest BCUT2D eigenvalue weighted by molar-refractivity contribution is 5.35. The van der Waals surface area contributed by atoms with E-state index < -0.39 is 0 Å². The summed E-state index contributed by atoms with van der Waals surface area (Å²) in [5.74, 6) is 1.30. The maximum atomic E-state index is 12.0. The number of rotatable bonds is 3. The molecule has 18 heavy (non-hydrogen) atoms. The molecular formula is C12H12N4O2. The summed E-state index contributed by atoms with van der Waals surface area (Å²) >= 11 is 0. The Morgan fingerprint density at radius 2 is 2.28 bits per heavy atom. The second kappa shape index (κ2) is 4.14. The molecule has 6 heteroatoms. The number of aromatic nitrogens is 4. The van der Waals surface area contributed by atoms with E-state index in [0.29, 0.717) is 11.5 Å². The van der Waals surface area contributed by atoms with Gasteiger partial charge in [-0.25, -0.2) is 14.5 Å². The first kappa shape index (κ1) is 10.8. The van der Waals surface area contributed by atoms with Crippen molar-refractivity contribution in [3.8, 4) is 0 Å². The molecule has 0 aliphatic rings. The summed E-state index contributed by atoms with van der Waals surface area (Å²) in [7, 11) is 0. The van der Waals surface area contributed by atoms with E-state index in [0.717, 1.165) is 12.2 Å². The van der Waals surface area contributed by atoms with E-state index in [1.165, 1.54) is 9.08 Å². The van der Waals surface area contributed by atoms with Crippen LogP contribution in [-0.4, -0.2) is 19.2 Å². The van der Waals surface area contributed by atoms with Crippen molar-refractivity contribution in [1.82, 2.24) is 19.2 Å². The Kier molecular flexibility index (Phi) is 2.47. The average molecular weight is 244 g/mol. The standard InChI is InChI=1S/C12H12N4O2/c1-2-9-7-13-11(18-9)8-16-12(17)15-6-4-3-5-10(15)14-16/h3-7H,2,8H2,1H3. The Morgan fingerprint density at radius 3 is 3.00 bits per heavy atom. The van der Waals surface area contributed by atoms with Crippen LogP contribution in [0.4, 0.5) is 0 Å². The van der Waals surface area contributed by atoms with Gasteiger partial charge in [-0.05, 0) is 12.1 Å². The topological polar surface area (TPSA) is 65.3 Å². The van der Waals surface area contributed by atoms with Gasteiger partial charge in [-0.3, -0.25) is 4.40 Å². The molecule has 0 spiro atoms. The third kappa shape index (κ3) is 1.71. The summed E-state index contributed by atoms with van der Waals surface area (Å²) in [6, 6.07) is 5.41. The first-order chi connectivity index (χ1) is 8.78. The molecule has 0 amide bonds. The van der Waals surface area contributed by atoms with Gasteiger partial charge in [-0.15, -0.1) is 5.10 Å². The molecule has 0 aliphatic carbocycles. The molecule has 0 aliphatic heterocycles. The van der Waals surface area contributed by atoms with Gasteiger partial charge in [0, 0.05) is 12.6 Å². The highest BCUT2D eigenvalue weighted by Crippen LogP contribution is 2.05. The molecule has 0 saturated heterocycles. The van der Waals surface area contributed by atoms with E-state index in [4.69, 9.17) is 4.42 Å². The summed E-state index contributed by atoms with van der Waals surface area (Å²) in [5.41, 5.74) is 0.423. The second-order valence-corrected chi connectivity index (χ2v) is 3.94. The van der Waals surface area contributed by atoms with Gasteiger partial charge in [0.15, 0.2) is 5.65 Å². The molecule has 6 nitrogen and oxygen atoms in total. The van der Waals surface area contributed by atoms with Crippen molar-refractivity contribution < 1.29 is 4.42 Å². The van der Waals surface area contributed by atoms with Gasteiger partial charge in [0.1, 0.15) is 12.3 Å². The van der Waals surface area contributed by atoms with Crippen LogP contribution in [0.2, 0.25) is 0 Å². The zero-order chi connectivity index (χ0) is 12.5. The predicted octanol–water partition coefficient (Wildman–Crippen LogP) is 1.09. The molecule has 3 heterocycles. The third-order valence-electron chi connectivity index (χ3n) is 2.72. The SMILES string of the molecule is CCc1cnc(Cn2nc3ccccn3c2=O)o1. The van der Waals surface area contributed by atoms with Gasteiger partial charge >= 0.3 is 5.69 Å². The maximum Gasteiger partial charge on any atom is 0.350 e. The van der Waals surface area contributed by atoms with Crippen LogP contribution in [0.25, 0.3) is 5.65 Å². The minimum atomic E-state index is -0.193. The first-order valence-electron chi connectivity index (χ1n) is 5.75. The number of hydrogen-bond acceptors (Lipinski definition) is 4. The van der Waals surface area contributed by atoms with Gasteiger partial charge in [0.2, 0.25) is 5.89 Å².